The number of carbonyl (C=O) groups excluding carboxylic acids is 1. The molecule has 3 aromatic rings. The standard InChI is InChI=1S/C23H29N3O2/c1-15(2)26-20-12-8-7-11-19(20)25-23(26)17(5)24-22(27)14-18-10-6-9-13-21(18)28-16(3)4/h6-13,15-17H,14H2,1-5H3,(H,24,27). The molecule has 0 saturated heterocycles. The lowest BCUT2D eigenvalue weighted by atomic mass is 10.1. The summed E-state index contributed by atoms with van der Waals surface area (Å²) in [4.78, 5) is 17.5. The second kappa shape index (κ2) is 8.46. The number of ether oxygens (including phenoxy) is 1. The van der Waals surface area contributed by atoms with Crippen LogP contribution in [-0.2, 0) is 11.2 Å². The Balaban J connectivity index is 1.79. The lowest BCUT2D eigenvalue weighted by Crippen LogP contribution is -2.30. The van der Waals surface area contributed by atoms with E-state index in [1.807, 2.05) is 63.2 Å². The summed E-state index contributed by atoms with van der Waals surface area (Å²) in [5.41, 5.74) is 2.92. The first kappa shape index (κ1) is 19.9. The molecule has 0 aliphatic rings. The highest BCUT2D eigenvalue weighted by Gasteiger charge is 2.20. The number of benzene rings is 2. The topological polar surface area (TPSA) is 56.1 Å². The quantitative estimate of drug-likeness (QED) is 0.640. The average Bonchev–Trinajstić information content (AvgIpc) is 3.03. The van der Waals surface area contributed by atoms with Crippen LogP contribution in [0, 0.1) is 0 Å². The fourth-order valence-corrected chi connectivity index (χ4v) is 3.46. The zero-order chi connectivity index (χ0) is 20.3. The van der Waals surface area contributed by atoms with Gasteiger partial charge in [0.25, 0.3) is 0 Å². The van der Waals surface area contributed by atoms with Gasteiger partial charge >= 0.3 is 0 Å². The smallest absolute Gasteiger partial charge is 0.225 e. The molecule has 1 atom stereocenters. The maximum absolute atomic E-state index is 12.7. The summed E-state index contributed by atoms with van der Waals surface area (Å²) in [7, 11) is 0. The first-order valence-corrected chi connectivity index (χ1v) is 9.87. The second-order valence-electron chi connectivity index (χ2n) is 7.66. The SMILES string of the molecule is CC(C)Oc1ccccc1CC(=O)NC(C)c1nc2ccccc2n1C(C)C. The molecule has 3 rings (SSSR count). The van der Waals surface area contributed by atoms with Crippen molar-refractivity contribution in [3.63, 3.8) is 0 Å². The molecule has 0 aliphatic carbocycles. The Morgan fingerprint density at radius 3 is 2.43 bits per heavy atom. The summed E-state index contributed by atoms with van der Waals surface area (Å²) >= 11 is 0. The Bertz CT molecular complexity index is 959. The Hall–Kier alpha value is -2.82. The number of nitrogens with zero attached hydrogens (tertiary/aromatic N) is 2. The highest BCUT2D eigenvalue weighted by atomic mass is 16.5. The number of amides is 1. The number of hydrogen-bond acceptors (Lipinski definition) is 3. The summed E-state index contributed by atoms with van der Waals surface area (Å²) in [5, 5.41) is 3.10. The molecule has 1 N–H and O–H groups in total. The van der Waals surface area contributed by atoms with E-state index in [0.717, 1.165) is 28.2 Å². The molecule has 0 saturated carbocycles. The molecule has 0 bridgehead atoms. The van der Waals surface area contributed by atoms with E-state index >= 15 is 0 Å². The normalized spacial score (nSPS) is 12.5. The van der Waals surface area contributed by atoms with Crippen LogP contribution >= 0.6 is 0 Å². The monoisotopic (exact) mass is 379 g/mol. The van der Waals surface area contributed by atoms with Crippen molar-refractivity contribution in [3.8, 4) is 5.75 Å². The molecule has 1 heterocycles. The van der Waals surface area contributed by atoms with Gasteiger partial charge in [-0.15, -0.1) is 0 Å². The van der Waals surface area contributed by atoms with E-state index in [-0.39, 0.29) is 30.5 Å². The summed E-state index contributed by atoms with van der Waals surface area (Å²) < 4.78 is 8.02. The number of imidazole rings is 1. The molecular formula is C23H29N3O2. The highest BCUT2D eigenvalue weighted by molar-refractivity contribution is 5.80. The molecule has 1 unspecified atom stereocenters. The molecule has 0 aliphatic heterocycles. The maximum Gasteiger partial charge on any atom is 0.225 e. The minimum atomic E-state index is -0.194. The average molecular weight is 380 g/mol. The van der Waals surface area contributed by atoms with E-state index in [4.69, 9.17) is 9.72 Å². The zero-order valence-electron chi connectivity index (χ0n) is 17.3. The van der Waals surface area contributed by atoms with Crippen molar-refractivity contribution in [2.45, 2.75) is 59.2 Å². The molecular weight excluding hydrogens is 350 g/mol. The minimum Gasteiger partial charge on any atom is -0.491 e. The first-order chi connectivity index (χ1) is 13.4. The summed E-state index contributed by atoms with van der Waals surface area (Å²) in [5.74, 6) is 1.58. The van der Waals surface area contributed by atoms with Crippen LogP contribution < -0.4 is 10.1 Å². The summed E-state index contributed by atoms with van der Waals surface area (Å²) in [6.07, 6.45) is 0.337. The molecule has 1 aromatic heterocycles. The van der Waals surface area contributed by atoms with E-state index in [1.165, 1.54) is 0 Å². The lowest BCUT2D eigenvalue weighted by molar-refractivity contribution is -0.121. The molecule has 0 fully saturated rings. The maximum atomic E-state index is 12.7. The Kier molecular flexibility index (Phi) is 6.02. The van der Waals surface area contributed by atoms with Gasteiger partial charge in [0.2, 0.25) is 5.91 Å². The van der Waals surface area contributed by atoms with Gasteiger partial charge in [-0.2, -0.15) is 0 Å². The van der Waals surface area contributed by atoms with Gasteiger partial charge in [0, 0.05) is 11.6 Å². The largest absolute Gasteiger partial charge is 0.491 e. The van der Waals surface area contributed by atoms with Crippen LogP contribution in [0.5, 0.6) is 5.75 Å². The molecule has 0 radical (unpaired) electrons. The van der Waals surface area contributed by atoms with Gasteiger partial charge < -0.3 is 14.6 Å². The van der Waals surface area contributed by atoms with Crippen molar-refractivity contribution in [2.75, 3.05) is 0 Å². The van der Waals surface area contributed by atoms with Crippen LogP contribution in [0.15, 0.2) is 48.5 Å². The van der Waals surface area contributed by atoms with Crippen LogP contribution in [0.2, 0.25) is 0 Å². The van der Waals surface area contributed by atoms with Gasteiger partial charge in [0.1, 0.15) is 11.6 Å². The van der Waals surface area contributed by atoms with Crippen molar-refractivity contribution in [1.82, 2.24) is 14.9 Å². The fraction of sp³-hybridized carbons (Fsp3) is 0.391. The van der Waals surface area contributed by atoms with Crippen LogP contribution in [0.3, 0.4) is 0 Å². The Labute approximate surface area is 166 Å². The fourth-order valence-electron chi connectivity index (χ4n) is 3.46. The zero-order valence-corrected chi connectivity index (χ0v) is 17.3. The van der Waals surface area contributed by atoms with Gasteiger partial charge in [0.05, 0.1) is 29.6 Å². The Morgan fingerprint density at radius 2 is 1.71 bits per heavy atom. The van der Waals surface area contributed by atoms with Crippen molar-refractivity contribution in [1.29, 1.82) is 0 Å². The summed E-state index contributed by atoms with van der Waals surface area (Å²) in [6.45, 7) is 10.2. The number of aromatic nitrogens is 2. The summed E-state index contributed by atoms with van der Waals surface area (Å²) in [6, 6.07) is 15.8. The van der Waals surface area contributed by atoms with Crippen molar-refractivity contribution in [2.24, 2.45) is 0 Å². The van der Waals surface area contributed by atoms with Gasteiger partial charge in [-0.3, -0.25) is 4.79 Å². The van der Waals surface area contributed by atoms with E-state index in [2.05, 4.69) is 29.8 Å². The van der Waals surface area contributed by atoms with Gasteiger partial charge in [-0.25, -0.2) is 4.98 Å². The molecule has 0 spiro atoms. The van der Waals surface area contributed by atoms with E-state index in [1.54, 1.807) is 0 Å². The predicted molar refractivity (Wildman–Crippen MR) is 113 cm³/mol. The third-order valence-corrected chi connectivity index (χ3v) is 4.59. The Morgan fingerprint density at radius 1 is 1.04 bits per heavy atom. The number of rotatable bonds is 7. The van der Waals surface area contributed by atoms with Gasteiger partial charge in [-0.1, -0.05) is 30.3 Å². The van der Waals surface area contributed by atoms with E-state index < -0.39 is 0 Å². The third-order valence-electron chi connectivity index (χ3n) is 4.59. The molecule has 5 nitrogen and oxygen atoms in total. The number of hydrogen-bond donors (Lipinski definition) is 1. The van der Waals surface area contributed by atoms with Gasteiger partial charge in [0.15, 0.2) is 0 Å². The van der Waals surface area contributed by atoms with Crippen LogP contribution in [0.25, 0.3) is 11.0 Å². The number of nitrogens with one attached hydrogen (secondary N) is 1. The molecule has 5 heteroatoms. The molecule has 148 valence electrons. The molecule has 28 heavy (non-hydrogen) atoms. The number of para-hydroxylation sites is 3. The molecule has 1 amide bonds. The van der Waals surface area contributed by atoms with Crippen molar-refractivity contribution >= 4 is 16.9 Å². The minimum absolute atomic E-state index is 0.0466. The first-order valence-electron chi connectivity index (χ1n) is 9.87. The van der Waals surface area contributed by atoms with Crippen molar-refractivity contribution in [3.05, 3.63) is 59.9 Å². The van der Waals surface area contributed by atoms with Crippen molar-refractivity contribution < 1.29 is 9.53 Å². The third kappa shape index (κ3) is 4.35. The van der Waals surface area contributed by atoms with E-state index in [0.29, 0.717) is 0 Å². The highest BCUT2D eigenvalue weighted by Crippen LogP contribution is 2.25. The number of fused-ring (bicyclic) bond motifs is 1. The van der Waals surface area contributed by atoms with Crippen LogP contribution in [0.1, 0.15) is 58.1 Å². The second-order valence-corrected chi connectivity index (χ2v) is 7.66. The predicted octanol–water partition coefficient (Wildman–Crippen LogP) is 4.82. The molecule has 2 aromatic carbocycles. The lowest BCUT2D eigenvalue weighted by Gasteiger charge is -2.19. The van der Waals surface area contributed by atoms with Crippen LogP contribution in [-0.4, -0.2) is 21.6 Å². The van der Waals surface area contributed by atoms with Gasteiger partial charge in [-0.05, 0) is 52.8 Å². The number of carbonyl (C=O) groups is 1. The van der Waals surface area contributed by atoms with E-state index in [9.17, 15) is 4.79 Å². The van der Waals surface area contributed by atoms with Crippen LogP contribution in [0.4, 0.5) is 0 Å².